The van der Waals surface area contributed by atoms with Crippen LogP contribution in [-0.4, -0.2) is 78.2 Å². The van der Waals surface area contributed by atoms with Crippen molar-refractivity contribution in [3.63, 3.8) is 0 Å². The van der Waals surface area contributed by atoms with Crippen LogP contribution >= 0.6 is 0 Å². The van der Waals surface area contributed by atoms with E-state index >= 15 is 0 Å². The van der Waals surface area contributed by atoms with Crippen molar-refractivity contribution in [3.8, 4) is 11.1 Å². The standard InChI is InChI=1S/C33H45N5O3/c1-23-16-24(2)31(33(40)17-23)8-9-32(39)26-18-25(19-30(20-26)36(3)29-6-4-28(34)5-7-29)27-21-35-38(22-27)11-10-37-12-14-41-15-13-37/h16-22,28-29,31H,4-15,34H2,1-3H3. The number of Topliss-reactive ketones (excluding diaryl/α,β-unsaturated/α-hetero) is 1. The molecule has 0 radical (unpaired) electrons. The molecule has 1 atom stereocenters. The summed E-state index contributed by atoms with van der Waals surface area (Å²) in [6.45, 7) is 9.16. The molecule has 2 heterocycles. The molecule has 1 aromatic carbocycles. The van der Waals surface area contributed by atoms with Gasteiger partial charge in [0.15, 0.2) is 11.6 Å². The van der Waals surface area contributed by atoms with Gasteiger partial charge in [-0.3, -0.25) is 19.2 Å². The smallest absolute Gasteiger partial charge is 0.163 e. The average molecular weight is 560 g/mol. The van der Waals surface area contributed by atoms with Crippen LogP contribution in [-0.2, 0) is 16.1 Å². The minimum absolute atomic E-state index is 0.0683. The Kier molecular flexibility index (Phi) is 9.53. The second kappa shape index (κ2) is 13.3. The van der Waals surface area contributed by atoms with Gasteiger partial charge in [0.2, 0.25) is 0 Å². The van der Waals surface area contributed by atoms with Gasteiger partial charge in [-0.15, -0.1) is 0 Å². The Labute approximate surface area is 244 Å². The summed E-state index contributed by atoms with van der Waals surface area (Å²) in [4.78, 5) is 31.0. The summed E-state index contributed by atoms with van der Waals surface area (Å²) in [5, 5.41) is 4.64. The highest BCUT2D eigenvalue weighted by Gasteiger charge is 2.25. The van der Waals surface area contributed by atoms with Gasteiger partial charge in [-0.1, -0.05) is 11.6 Å². The number of benzene rings is 1. The summed E-state index contributed by atoms with van der Waals surface area (Å²) in [6, 6.07) is 6.88. The number of rotatable bonds is 10. The molecule has 3 aliphatic rings. The lowest BCUT2D eigenvalue weighted by Gasteiger charge is -2.35. The first-order chi connectivity index (χ1) is 19.8. The van der Waals surface area contributed by atoms with Gasteiger partial charge in [0, 0.05) is 74.1 Å². The number of hydrogen-bond acceptors (Lipinski definition) is 7. The molecule has 1 aromatic heterocycles. The summed E-state index contributed by atoms with van der Waals surface area (Å²) in [5.41, 5.74) is 11.9. The molecule has 41 heavy (non-hydrogen) atoms. The maximum atomic E-state index is 13.6. The third-order valence-electron chi connectivity index (χ3n) is 9.03. The lowest BCUT2D eigenvalue weighted by molar-refractivity contribution is -0.117. The molecule has 5 rings (SSSR count). The number of aromatic nitrogens is 2. The molecule has 0 amide bonds. The molecule has 0 bridgehead atoms. The number of ether oxygens (including phenoxy) is 1. The van der Waals surface area contributed by atoms with Crippen molar-refractivity contribution >= 4 is 17.3 Å². The fraction of sp³-hybridized carbons (Fsp3) is 0.545. The number of nitrogens with two attached hydrogens (primary N) is 1. The Morgan fingerprint density at radius 1 is 1.05 bits per heavy atom. The lowest BCUT2D eigenvalue weighted by Crippen LogP contribution is -2.38. The molecule has 2 aromatic rings. The van der Waals surface area contributed by atoms with E-state index in [9.17, 15) is 9.59 Å². The van der Waals surface area contributed by atoms with Crippen LogP contribution in [0.2, 0.25) is 0 Å². The van der Waals surface area contributed by atoms with Crippen molar-refractivity contribution in [3.05, 3.63) is 59.5 Å². The van der Waals surface area contributed by atoms with E-state index in [0.29, 0.717) is 24.4 Å². The Bertz CT molecular complexity index is 1300. The Hall–Kier alpha value is -3.07. The van der Waals surface area contributed by atoms with Gasteiger partial charge in [0.1, 0.15) is 0 Å². The summed E-state index contributed by atoms with van der Waals surface area (Å²) in [5.74, 6) is -0.0488. The molecule has 2 aliphatic carbocycles. The second-order valence-corrected chi connectivity index (χ2v) is 12.1. The number of morpholine rings is 1. The highest BCUT2D eigenvalue weighted by Crippen LogP contribution is 2.32. The molecule has 2 fully saturated rings. The molecule has 220 valence electrons. The van der Waals surface area contributed by atoms with Gasteiger partial charge in [0.25, 0.3) is 0 Å². The molecule has 8 nitrogen and oxygen atoms in total. The molecule has 1 saturated carbocycles. The summed E-state index contributed by atoms with van der Waals surface area (Å²) < 4.78 is 7.46. The van der Waals surface area contributed by atoms with Crippen LogP contribution in [0.5, 0.6) is 0 Å². The van der Waals surface area contributed by atoms with E-state index in [0.717, 1.165) is 93.0 Å². The predicted molar refractivity (Wildman–Crippen MR) is 163 cm³/mol. The minimum atomic E-state index is -0.218. The summed E-state index contributed by atoms with van der Waals surface area (Å²) in [6.07, 6.45) is 12.7. The molecular formula is C33H45N5O3. The fourth-order valence-electron chi connectivity index (χ4n) is 6.39. The number of hydrogen-bond donors (Lipinski definition) is 1. The summed E-state index contributed by atoms with van der Waals surface area (Å²) >= 11 is 0. The molecule has 0 spiro atoms. The maximum absolute atomic E-state index is 13.6. The minimum Gasteiger partial charge on any atom is -0.379 e. The topological polar surface area (TPSA) is 93.7 Å². The van der Waals surface area contributed by atoms with Crippen LogP contribution < -0.4 is 10.6 Å². The highest BCUT2D eigenvalue weighted by atomic mass is 16.5. The van der Waals surface area contributed by atoms with Crippen molar-refractivity contribution in [1.82, 2.24) is 14.7 Å². The number of allylic oxidation sites excluding steroid dienone is 4. The van der Waals surface area contributed by atoms with Gasteiger partial charge in [-0.2, -0.15) is 5.10 Å². The fourth-order valence-corrected chi connectivity index (χ4v) is 6.39. The maximum Gasteiger partial charge on any atom is 0.163 e. The van der Waals surface area contributed by atoms with E-state index in [-0.39, 0.29) is 23.5 Å². The molecular weight excluding hydrogens is 514 g/mol. The first-order valence-electron chi connectivity index (χ1n) is 15.2. The first-order valence-corrected chi connectivity index (χ1v) is 15.2. The zero-order valence-electron chi connectivity index (χ0n) is 24.8. The van der Waals surface area contributed by atoms with Crippen molar-refractivity contribution in [2.24, 2.45) is 11.7 Å². The van der Waals surface area contributed by atoms with Crippen LogP contribution in [0, 0.1) is 5.92 Å². The van der Waals surface area contributed by atoms with Gasteiger partial charge in [-0.05, 0) is 81.4 Å². The van der Waals surface area contributed by atoms with E-state index in [1.807, 2.05) is 36.9 Å². The predicted octanol–water partition coefficient (Wildman–Crippen LogP) is 4.64. The van der Waals surface area contributed by atoms with E-state index < -0.39 is 0 Å². The van der Waals surface area contributed by atoms with Crippen LogP contribution in [0.4, 0.5) is 5.69 Å². The highest BCUT2D eigenvalue weighted by molar-refractivity contribution is 6.00. The van der Waals surface area contributed by atoms with E-state index in [1.165, 1.54) is 0 Å². The normalized spacial score (nSPS) is 23.7. The van der Waals surface area contributed by atoms with E-state index in [1.54, 1.807) is 6.08 Å². The molecule has 1 aliphatic heterocycles. The lowest BCUT2D eigenvalue weighted by atomic mass is 9.84. The van der Waals surface area contributed by atoms with Crippen LogP contribution in [0.15, 0.2) is 53.9 Å². The summed E-state index contributed by atoms with van der Waals surface area (Å²) in [7, 11) is 2.13. The number of carbonyl (C=O) groups is 2. The molecule has 1 saturated heterocycles. The number of carbonyl (C=O) groups excluding carboxylic acids is 2. The Morgan fingerprint density at radius 3 is 2.54 bits per heavy atom. The number of anilines is 1. The van der Waals surface area contributed by atoms with Crippen molar-refractivity contribution in [2.45, 2.75) is 71.0 Å². The molecule has 8 heteroatoms. The van der Waals surface area contributed by atoms with Crippen molar-refractivity contribution < 1.29 is 14.3 Å². The number of nitrogens with zero attached hydrogens (tertiary/aromatic N) is 4. The Morgan fingerprint density at radius 2 is 1.80 bits per heavy atom. The van der Waals surface area contributed by atoms with Crippen LogP contribution in [0.3, 0.4) is 0 Å². The zero-order chi connectivity index (χ0) is 28.9. The molecule has 2 N–H and O–H groups in total. The van der Waals surface area contributed by atoms with Crippen molar-refractivity contribution in [1.29, 1.82) is 0 Å². The van der Waals surface area contributed by atoms with Gasteiger partial charge >= 0.3 is 0 Å². The quantitative estimate of drug-likeness (QED) is 0.424. The third kappa shape index (κ3) is 7.42. The largest absolute Gasteiger partial charge is 0.379 e. The zero-order valence-corrected chi connectivity index (χ0v) is 24.8. The van der Waals surface area contributed by atoms with Crippen LogP contribution in [0.1, 0.15) is 62.7 Å². The van der Waals surface area contributed by atoms with Gasteiger partial charge in [-0.25, -0.2) is 0 Å². The molecule has 1 unspecified atom stereocenters. The van der Waals surface area contributed by atoms with Gasteiger partial charge in [0.05, 0.1) is 26.0 Å². The van der Waals surface area contributed by atoms with Crippen LogP contribution in [0.25, 0.3) is 11.1 Å². The van der Waals surface area contributed by atoms with Gasteiger partial charge < -0.3 is 15.4 Å². The van der Waals surface area contributed by atoms with E-state index in [2.05, 4.69) is 40.3 Å². The SMILES string of the molecule is CC1=CC(=O)C(CCC(=O)c2cc(-c3cnn(CCN4CCOCC4)c3)cc(N(C)C3CCC(N)CC3)c2)C(C)=C1. The third-order valence-corrected chi connectivity index (χ3v) is 9.03. The monoisotopic (exact) mass is 559 g/mol. The van der Waals surface area contributed by atoms with E-state index in [4.69, 9.17) is 10.5 Å². The second-order valence-electron chi connectivity index (χ2n) is 12.1. The number of ketones is 2. The average Bonchev–Trinajstić information content (AvgIpc) is 3.45. The first kappa shape index (κ1) is 29.4. The van der Waals surface area contributed by atoms with Crippen molar-refractivity contribution in [2.75, 3.05) is 44.8 Å². The Balaban J connectivity index is 1.35.